The molecule has 0 amide bonds. The third-order valence-electron chi connectivity index (χ3n) is 3.62. The van der Waals surface area contributed by atoms with Crippen molar-refractivity contribution in [3.63, 3.8) is 0 Å². The van der Waals surface area contributed by atoms with Gasteiger partial charge in [-0.2, -0.15) is 0 Å². The first-order valence-electron chi connectivity index (χ1n) is 8.54. The molecule has 1 aromatic heterocycles. The van der Waals surface area contributed by atoms with E-state index in [9.17, 15) is 18.3 Å². The lowest BCUT2D eigenvalue weighted by atomic mass is 10.2. The Morgan fingerprint density at radius 3 is 2.70 bits per heavy atom. The summed E-state index contributed by atoms with van der Waals surface area (Å²) in [7, 11) is -3.90. The van der Waals surface area contributed by atoms with E-state index < -0.39 is 16.0 Å². The summed E-state index contributed by atoms with van der Waals surface area (Å²) in [5.74, 6) is -0.575. The average Bonchev–Trinajstić information content (AvgIpc) is 3.12. The maximum absolute atomic E-state index is 12.7. The van der Waals surface area contributed by atoms with Crippen molar-refractivity contribution < 1.29 is 27.5 Å². The zero-order valence-electron chi connectivity index (χ0n) is 15.3. The highest BCUT2D eigenvalue weighted by atomic mass is 32.2. The molecule has 0 aliphatic carbocycles. The predicted octanol–water partition coefficient (Wildman–Crippen LogP) is 2.68. The fraction of sp³-hybridized carbons (Fsp3) is 0.389. The zero-order chi connectivity index (χ0) is 19.9. The van der Waals surface area contributed by atoms with Crippen molar-refractivity contribution in [3.8, 4) is 0 Å². The van der Waals surface area contributed by atoms with Gasteiger partial charge >= 0.3 is 5.97 Å². The molecular formula is C18H24N2O6S. The molecule has 0 bridgehead atoms. The molecule has 0 atom stereocenters. The summed E-state index contributed by atoms with van der Waals surface area (Å²) in [4.78, 5) is 11.1. The Labute approximate surface area is 158 Å². The van der Waals surface area contributed by atoms with Crippen LogP contribution in [0.25, 0.3) is 0 Å². The Morgan fingerprint density at radius 1 is 1.30 bits per heavy atom. The van der Waals surface area contributed by atoms with Crippen LogP contribution in [0.4, 0.5) is 5.69 Å². The van der Waals surface area contributed by atoms with Crippen LogP contribution in [0.15, 0.2) is 45.9 Å². The summed E-state index contributed by atoms with van der Waals surface area (Å²) in [5, 5.41) is 12.2. The van der Waals surface area contributed by atoms with Gasteiger partial charge in [0, 0.05) is 13.2 Å². The van der Waals surface area contributed by atoms with E-state index in [4.69, 9.17) is 9.15 Å². The first-order chi connectivity index (χ1) is 12.8. The predicted molar refractivity (Wildman–Crippen MR) is 100 cm³/mol. The molecule has 3 N–H and O–H groups in total. The highest BCUT2D eigenvalue weighted by Crippen LogP contribution is 2.24. The molecule has 0 fully saturated rings. The minimum absolute atomic E-state index is 0.0752. The first-order valence-corrected chi connectivity index (χ1v) is 10.0. The van der Waals surface area contributed by atoms with E-state index in [1.807, 2.05) is 13.8 Å². The number of carboxylic acids is 1. The molecule has 0 unspecified atom stereocenters. The zero-order valence-corrected chi connectivity index (χ0v) is 16.1. The number of furan rings is 1. The number of carbonyl (C=O) groups is 1. The molecule has 27 heavy (non-hydrogen) atoms. The molecule has 0 radical (unpaired) electrons. The van der Waals surface area contributed by atoms with Crippen molar-refractivity contribution in [1.29, 1.82) is 0 Å². The van der Waals surface area contributed by atoms with Crippen LogP contribution in [0, 0.1) is 0 Å². The number of benzene rings is 1. The number of aromatic carboxylic acids is 1. The van der Waals surface area contributed by atoms with Crippen LogP contribution in [0.1, 0.15) is 36.4 Å². The number of carboxylic acid groups (broad SMARTS) is 1. The molecule has 2 aromatic rings. The molecule has 1 aromatic carbocycles. The van der Waals surface area contributed by atoms with Crippen LogP contribution in [-0.2, 0) is 21.3 Å². The van der Waals surface area contributed by atoms with Gasteiger partial charge in [-0.1, -0.05) is 0 Å². The molecule has 0 saturated heterocycles. The normalized spacial score (nSPS) is 11.7. The van der Waals surface area contributed by atoms with Crippen molar-refractivity contribution in [3.05, 3.63) is 47.9 Å². The number of sulfonamides is 1. The van der Waals surface area contributed by atoms with Gasteiger partial charge in [-0.05, 0) is 50.6 Å². The Hall–Kier alpha value is -2.36. The summed E-state index contributed by atoms with van der Waals surface area (Å²) in [6, 6.07) is 7.40. The summed E-state index contributed by atoms with van der Waals surface area (Å²) in [6.45, 7) is 4.68. The number of anilines is 1. The van der Waals surface area contributed by atoms with Crippen LogP contribution in [-0.4, -0.2) is 38.7 Å². The lowest BCUT2D eigenvalue weighted by molar-refractivity contribution is 0.0696. The van der Waals surface area contributed by atoms with Crippen molar-refractivity contribution in [2.75, 3.05) is 18.5 Å². The Morgan fingerprint density at radius 2 is 2.07 bits per heavy atom. The van der Waals surface area contributed by atoms with Crippen LogP contribution >= 0.6 is 0 Å². The summed E-state index contributed by atoms with van der Waals surface area (Å²) in [5.41, 5.74) is 0.185. The first kappa shape index (κ1) is 20.9. The van der Waals surface area contributed by atoms with Gasteiger partial charge in [-0.25, -0.2) is 17.9 Å². The quantitative estimate of drug-likeness (QED) is 0.500. The Kier molecular flexibility index (Phi) is 7.40. The van der Waals surface area contributed by atoms with Gasteiger partial charge in [-0.15, -0.1) is 0 Å². The van der Waals surface area contributed by atoms with Crippen LogP contribution in [0.3, 0.4) is 0 Å². The van der Waals surface area contributed by atoms with Crippen molar-refractivity contribution >= 4 is 21.7 Å². The second-order valence-corrected chi connectivity index (χ2v) is 7.86. The third-order valence-corrected chi connectivity index (χ3v) is 5.12. The van der Waals surface area contributed by atoms with Crippen molar-refractivity contribution in [2.24, 2.45) is 0 Å². The SMILES string of the molecule is CC(C)OCCCNS(=O)(=O)c1cc(C(=O)O)ccc1NCc1ccco1. The molecular weight excluding hydrogens is 372 g/mol. The largest absolute Gasteiger partial charge is 0.478 e. The smallest absolute Gasteiger partial charge is 0.335 e. The molecule has 0 saturated carbocycles. The second kappa shape index (κ2) is 9.54. The minimum Gasteiger partial charge on any atom is -0.478 e. The minimum atomic E-state index is -3.90. The number of nitrogens with one attached hydrogen (secondary N) is 2. The number of rotatable bonds is 11. The van der Waals surface area contributed by atoms with Gasteiger partial charge in [0.2, 0.25) is 10.0 Å². The lowest BCUT2D eigenvalue weighted by Crippen LogP contribution is -2.27. The van der Waals surface area contributed by atoms with Gasteiger partial charge in [0.05, 0.1) is 30.2 Å². The molecule has 148 valence electrons. The van der Waals surface area contributed by atoms with E-state index in [-0.39, 0.29) is 29.7 Å². The van der Waals surface area contributed by atoms with Crippen LogP contribution in [0.2, 0.25) is 0 Å². The molecule has 0 aliphatic heterocycles. The molecule has 1 heterocycles. The number of hydrogen-bond acceptors (Lipinski definition) is 6. The molecule has 8 nitrogen and oxygen atoms in total. The van der Waals surface area contributed by atoms with Crippen molar-refractivity contribution in [2.45, 2.75) is 37.8 Å². The fourth-order valence-electron chi connectivity index (χ4n) is 2.29. The average molecular weight is 396 g/mol. The van der Waals surface area contributed by atoms with E-state index in [1.54, 1.807) is 12.1 Å². The van der Waals surface area contributed by atoms with Gasteiger partial charge in [0.1, 0.15) is 10.7 Å². The van der Waals surface area contributed by atoms with Gasteiger partial charge in [-0.3, -0.25) is 0 Å². The van der Waals surface area contributed by atoms with E-state index in [0.29, 0.717) is 24.5 Å². The molecule has 0 spiro atoms. The Bertz CT molecular complexity index is 847. The van der Waals surface area contributed by atoms with Crippen LogP contribution in [0.5, 0.6) is 0 Å². The van der Waals surface area contributed by atoms with E-state index in [0.717, 1.165) is 6.07 Å². The molecule has 9 heteroatoms. The molecule has 0 aliphatic rings. The van der Waals surface area contributed by atoms with Gasteiger partial charge in [0.25, 0.3) is 0 Å². The summed E-state index contributed by atoms with van der Waals surface area (Å²) < 4.78 is 38.4. The van der Waals surface area contributed by atoms with Crippen LogP contribution < -0.4 is 10.0 Å². The number of hydrogen-bond donors (Lipinski definition) is 3. The maximum atomic E-state index is 12.7. The van der Waals surface area contributed by atoms with Gasteiger partial charge in [0.15, 0.2) is 0 Å². The highest BCUT2D eigenvalue weighted by Gasteiger charge is 2.20. The summed E-state index contributed by atoms with van der Waals surface area (Å²) >= 11 is 0. The Balaban J connectivity index is 2.14. The van der Waals surface area contributed by atoms with E-state index >= 15 is 0 Å². The topological polar surface area (TPSA) is 118 Å². The standard InChI is InChI=1S/C18H24N2O6S/c1-13(2)25-10-4-8-20-27(23,24)17-11-14(18(21)22)6-7-16(17)19-12-15-5-3-9-26-15/h3,5-7,9,11,13,19-20H,4,8,10,12H2,1-2H3,(H,21,22). The maximum Gasteiger partial charge on any atom is 0.335 e. The summed E-state index contributed by atoms with van der Waals surface area (Å²) in [6.07, 6.45) is 2.10. The lowest BCUT2D eigenvalue weighted by Gasteiger charge is -2.14. The monoisotopic (exact) mass is 396 g/mol. The van der Waals surface area contributed by atoms with E-state index in [2.05, 4.69) is 10.0 Å². The highest BCUT2D eigenvalue weighted by molar-refractivity contribution is 7.89. The number of ether oxygens (including phenoxy) is 1. The van der Waals surface area contributed by atoms with E-state index in [1.165, 1.54) is 18.4 Å². The fourth-order valence-corrected chi connectivity index (χ4v) is 3.58. The van der Waals surface area contributed by atoms with Crippen molar-refractivity contribution in [1.82, 2.24) is 4.72 Å². The second-order valence-electron chi connectivity index (χ2n) is 6.12. The van der Waals surface area contributed by atoms with Gasteiger partial charge < -0.3 is 19.6 Å². The third kappa shape index (κ3) is 6.38. The molecule has 2 rings (SSSR count).